The summed E-state index contributed by atoms with van der Waals surface area (Å²) in [5, 5.41) is 12.9. The number of hydrogen-bond acceptors (Lipinski definition) is 3. The molecule has 0 aliphatic rings. The third kappa shape index (κ3) is 9.42. The van der Waals surface area contributed by atoms with Gasteiger partial charge in [-0.1, -0.05) is 46.5 Å². The molecule has 0 fully saturated rings. The fraction of sp³-hybridized carbons (Fsp3) is 1.00. The van der Waals surface area contributed by atoms with Crippen LogP contribution < -0.4 is 5.32 Å². The Bertz CT molecular complexity index is 182. The van der Waals surface area contributed by atoms with E-state index in [1.54, 1.807) is 0 Å². The minimum Gasteiger partial charge on any atom is -0.394 e. The molecule has 19 heavy (non-hydrogen) atoms. The second-order valence-corrected chi connectivity index (χ2v) is 5.45. The largest absolute Gasteiger partial charge is 0.394 e. The first-order valence-electron chi connectivity index (χ1n) is 8.18. The first-order chi connectivity index (χ1) is 9.24. The van der Waals surface area contributed by atoms with Gasteiger partial charge < -0.3 is 15.2 Å². The van der Waals surface area contributed by atoms with Crippen molar-refractivity contribution < 1.29 is 9.84 Å². The number of aliphatic hydroxyl groups excluding tert-OH is 1. The maximum Gasteiger partial charge on any atom is 0.0613 e. The molecule has 0 saturated carbocycles. The predicted molar refractivity (Wildman–Crippen MR) is 82.6 cm³/mol. The fourth-order valence-electron chi connectivity index (χ4n) is 2.43. The van der Waals surface area contributed by atoms with Gasteiger partial charge in [0.2, 0.25) is 0 Å². The normalized spacial score (nSPS) is 14.5. The van der Waals surface area contributed by atoms with Crippen molar-refractivity contribution in [2.45, 2.75) is 77.7 Å². The summed E-state index contributed by atoms with van der Waals surface area (Å²) in [6.45, 7) is 9.30. The fourth-order valence-corrected chi connectivity index (χ4v) is 2.43. The molecule has 0 radical (unpaired) electrons. The van der Waals surface area contributed by atoms with E-state index in [2.05, 4.69) is 26.1 Å². The SMILES string of the molecule is CCCCCCCOCCCC(CC)(CO)NCC. The van der Waals surface area contributed by atoms with Crippen LogP contribution in [0.1, 0.15) is 72.1 Å². The van der Waals surface area contributed by atoms with Crippen molar-refractivity contribution in [2.75, 3.05) is 26.4 Å². The van der Waals surface area contributed by atoms with Crippen LogP contribution in [0.5, 0.6) is 0 Å². The molecule has 0 aliphatic heterocycles. The Kier molecular flexibility index (Phi) is 12.8. The smallest absolute Gasteiger partial charge is 0.0613 e. The van der Waals surface area contributed by atoms with Crippen molar-refractivity contribution in [3.63, 3.8) is 0 Å². The van der Waals surface area contributed by atoms with Gasteiger partial charge in [-0.25, -0.2) is 0 Å². The molecule has 3 nitrogen and oxygen atoms in total. The first kappa shape index (κ1) is 18.9. The molecule has 0 aromatic carbocycles. The van der Waals surface area contributed by atoms with Crippen LogP contribution in [0.15, 0.2) is 0 Å². The van der Waals surface area contributed by atoms with E-state index in [4.69, 9.17) is 4.74 Å². The predicted octanol–water partition coefficient (Wildman–Crippen LogP) is 3.50. The Balaban J connectivity index is 3.50. The summed E-state index contributed by atoms with van der Waals surface area (Å²) in [4.78, 5) is 0. The van der Waals surface area contributed by atoms with Crippen molar-refractivity contribution in [2.24, 2.45) is 0 Å². The lowest BCUT2D eigenvalue weighted by Crippen LogP contribution is -2.48. The molecular weight excluding hydrogens is 238 g/mol. The molecule has 2 N–H and O–H groups in total. The summed E-state index contributed by atoms with van der Waals surface area (Å²) in [6.07, 6.45) is 9.44. The van der Waals surface area contributed by atoms with Crippen LogP contribution in [0.2, 0.25) is 0 Å². The van der Waals surface area contributed by atoms with E-state index in [1.165, 1.54) is 32.1 Å². The molecule has 0 aromatic rings. The summed E-state index contributed by atoms with van der Waals surface area (Å²) >= 11 is 0. The van der Waals surface area contributed by atoms with E-state index >= 15 is 0 Å². The molecule has 0 bridgehead atoms. The average Bonchev–Trinajstić information content (AvgIpc) is 2.44. The van der Waals surface area contributed by atoms with Gasteiger partial charge in [0.05, 0.1) is 6.61 Å². The van der Waals surface area contributed by atoms with Crippen LogP contribution in [0.25, 0.3) is 0 Å². The Morgan fingerprint density at radius 3 is 2.21 bits per heavy atom. The zero-order valence-corrected chi connectivity index (χ0v) is 13.3. The summed E-state index contributed by atoms with van der Waals surface area (Å²) in [5.74, 6) is 0. The standard InChI is InChI=1S/C16H35NO2/c1-4-7-8-9-10-13-19-14-11-12-16(5-2,15-18)17-6-3/h17-18H,4-15H2,1-3H3. The van der Waals surface area contributed by atoms with E-state index in [0.717, 1.165) is 39.0 Å². The van der Waals surface area contributed by atoms with Crippen LogP contribution in [0, 0.1) is 0 Å². The van der Waals surface area contributed by atoms with Crippen LogP contribution in [0.4, 0.5) is 0 Å². The number of rotatable bonds is 14. The molecule has 0 spiro atoms. The lowest BCUT2D eigenvalue weighted by Gasteiger charge is -2.31. The maximum atomic E-state index is 9.53. The van der Waals surface area contributed by atoms with Crippen molar-refractivity contribution in [1.29, 1.82) is 0 Å². The molecule has 0 heterocycles. The van der Waals surface area contributed by atoms with Crippen molar-refractivity contribution in [1.82, 2.24) is 5.32 Å². The first-order valence-corrected chi connectivity index (χ1v) is 8.18. The topological polar surface area (TPSA) is 41.5 Å². The van der Waals surface area contributed by atoms with Gasteiger partial charge in [0.1, 0.15) is 0 Å². The number of aliphatic hydroxyl groups is 1. The highest BCUT2D eigenvalue weighted by Crippen LogP contribution is 2.16. The molecule has 116 valence electrons. The Morgan fingerprint density at radius 2 is 1.63 bits per heavy atom. The summed E-state index contributed by atoms with van der Waals surface area (Å²) in [7, 11) is 0. The molecule has 0 amide bonds. The summed E-state index contributed by atoms with van der Waals surface area (Å²) < 4.78 is 5.67. The molecular formula is C16H35NO2. The number of likely N-dealkylation sites (N-methyl/N-ethyl adjacent to an activating group) is 1. The number of unbranched alkanes of at least 4 members (excludes halogenated alkanes) is 4. The molecule has 1 atom stereocenters. The summed E-state index contributed by atoms with van der Waals surface area (Å²) in [5.41, 5.74) is -0.0980. The van der Waals surface area contributed by atoms with Crippen molar-refractivity contribution in [3.8, 4) is 0 Å². The second kappa shape index (κ2) is 12.9. The molecule has 0 rings (SSSR count). The zero-order chi connectivity index (χ0) is 14.4. The van der Waals surface area contributed by atoms with E-state index < -0.39 is 0 Å². The Hall–Kier alpha value is -0.120. The van der Waals surface area contributed by atoms with E-state index in [1.807, 2.05) is 0 Å². The van der Waals surface area contributed by atoms with Gasteiger partial charge in [-0.2, -0.15) is 0 Å². The van der Waals surface area contributed by atoms with E-state index in [-0.39, 0.29) is 12.1 Å². The van der Waals surface area contributed by atoms with Crippen LogP contribution >= 0.6 is 0 Å². The quantitative estimate of drug-likeness (QED) is 0.476. The van der Waals surface area contributed by atoms with E-state index in [9.17, 15) is 5.11 Å². The molecule has 1 unspecified atom stereocenters. The molecule has 0 aliphatic carbocycles. The van der Waals surface area contributed by atoms with Gasteiger partial charge in [-0.3, -0.25) is 0 Å². The Morgan fingerprint density at radius 1 is 0.947 bits per heavy atom. The molecule has 3 heteroatoms. The average molecular weight is 273 g/mol. The minimum atomic E-state index is -0.0980. The van der Waals surface area contributed by atoms with Gasteiger partial charge in [-0.15, -0.1) is 0 Å². The highest BCUT2D eigenvalue weighted by Gasteiger charge is 2.25. The van der Waals surface area contributed by atoms with Gasteiger partial charge >= 0.3 is 0 Å². The zero-order valence-electron chi connectivity index (χ0n) is 13.3. The van der Waals surface area contributed by atoms with Gasteiger partial charge in [0, 0.05) is 18.8 Å². The van der Waals surface area contributed by atoms with Crippen molar-refractivity contribution in [3.05, 3.63) is 0 Å². The minimum absolute atomic E-state index is 0.0980. The number of nitrogens with one attached hydrogen (secondary N) is 1. The lowest BCUT2D eigenvalue weighted by molar-refractivity contribution is 0.101. The molecule has 0 aromatic heterocycles. The Labute approximate surface area is 120 Å². The monoisotopic (exact) mass is 273 g/mol. The van der Waals surface area contributed by atoms with Gasteiger partial charge in [0.25, 0.3) is 0 Å². The lowest BCUT2D eigenvalue weighted by atomic mass is 9.91. The second-order valence-electron chi connectivity index (χ2n) is 5.45. The third-order valence-electron chi connectivity index (χ3n) is 3.87. The van der Waals surface area contributed by atoms with Crippen LogP contribution in [-0.4, -0.2) is 37.0 Å². The van der Waals surface area contributed by atoms with Crippen molar-refractivity contribution >= 4 is 0 Å². The van der Waals surface area contributed by atoms with Gasteiger partial charge in [0.15, 0.2) is 0 Å². The third-order valence-corrected chi connectivity index (χ3v) is 3.87. The molecule has 0 saturated heterocycles. The summed E-state index contributed by atoms with van der Waals surface area (Å²) in [6, 6.07) is 0. The van der Waals surface area contributed by atoms with Crippen LogP contribution in [-0.2, 0) is 4.74 Å². The number of ether oxygens (including phenoxy) is 1. The number of hydrogen-bond donors (Lipinski definition) is 2. The van der Waals surface area contributed by atoms with E-state index in [0.29, 0.717) is 0 Å². The van der Waals surface area contributed by atoms with Crippen LogP contribution in [0.3, 0.4) is 0 Å². The maximum absolute atomic E-state index is 9.53. The van der Waals surface area contributed by atoms with Gasteiger partial charge in [-0.05, 0) is 32.2 Å². The highest BCUT2D eigenvalue weighted by atomic mass is 16.5. The highest BCUT2D eigenvalue weighted by molar-refractivity contribution is 4.85.